The summed E-state index contributed by atoms with van der Waals surface area (Å²) in [4.78, 5) is 19.4. The standard InChI is InChI=1S/C20H29N5O2/c1-13-14(2)27-18(22-13)12-25-9-5-8-16(11-25)19-17(10-21-24-19)23-20(26)15-6-3-4-7-15/h10,15-16H,3-9,11-12H2,1-2H3,(H,21,24)(H,23,26)/t16-/m0/s1. The summed E-state index contributed by atoms with van der Waals surface area (Å²) in [5.74, 6) is 2.31. The van der Waals surface area contributed by atoms with Crippen LogP contribution in [-0.2, 0) is 11.3 Å². The summed E-state index contributed by atoms with van der Waals surface area (Å²) < 4.78 is 5.75. The van der Waals surface area contributed by atoms with Gasteiger partial charge in [-0.15, -0.1) is 0 Å². The number of aromatic nitrogens is 3. The Kier molecular flexibility index (Phi) is 5.29. The zero-order chi connectivity index (χ0) is 18.8. The maximum Gasteiger partial charge on any atom is 0.227 e. The van der Waals surface area contributed by atoms with E-state index in [1.54, 1.807) is 6.20 Å². The molecule has 1 saturated carbocycles. The molecule has 27 heavy (non-hydrogen) atoms. The number of nitrogens with one attached hydrogen (secondary N) is 2. The molecule has 2 N–H and O–H groups in total. The Morgan fingerprint density at radius 1 is 1.30 bits per heavy atom. The van der Waals surface area contributed by atoms with E-state index < -0.39 is 0 Å². The first kappa shape index (κ1) is 18.2. The van der Waals surface area contributed by atoms with Gasteiger partial charge in [-0.05, 0) is 46.1 Å². The van der Waals surface area contributed by atoms with Crippen LogP contribution < -0.4 is 5.32 Å². The van der Waals surface area contributed by atoms with Crippen molar-refractivity contribution in [3.63, 3.8) is 0 Å². The van der Waals surface area contributed by atoms with Crippen molar-refractivity contribution in [2.24, 2.45) is 5.92 Å². The molecule has 1 aliphatic heterocycles. The summed E-state index contributed by atoms with van der Waals surface area (Å²) in [5, 5.41) is 10.5. The third-order valence-corrected chi connectivity index (χ3v) is 6.00. The molecular formula is C20H29N5O2. The van der Waals surface area contributed by atoms with E-state index in [9.17, 15) is 4.79 Å². The van der Waals surface area contributed by atoms with Crippen LogP contribution in [0.25, 0.3) is 0 Å². The number of likely N-dealkylation sites (tertiary alicyclic amines) is 1. The lowest BCUT2D eigenvalue weighted by Gasteiger charge is -2.31. The molecule has 1 saturated heterocycles. The molecule has 1 aliphatic carbocycles. The SMILES string of the molecule is Cc1nc(CN2CCC[C@H](c3[nH]ncc3NC(=O)C3CCCC3)C2)oc1C. The summed E-state index contributed by atoms with van der Waals surface area (Å²) in [5.41, 5.74) is 2.86. The highest BCUT2D eigenvalue weighted by molar-refractivity contribution is 5.93. The van der Waals surface area contributed by atoms with Gasteiger partial charge in [0.25, 0.3) is 0 Å². The van der Waals surface area contributed by atoms with Crippen LogP contribution in [0.4, 0.5) is 5.69 Å². The quantitative estimate of drug-likeness (QED) is 0.840. The predicted octanol–water partition coefficient (Wildman–Crippen LogP) is 3.52. The van der Waals surface area contributed by atoms with Crippen molar-refractivity contribution in [2.75, 3.05) is 18.4 Å². The van der Waals surface area contributed by atoms with Crippen LogP contribution in [-0.4, -0.2) is 39.1 Å². The van der Waals surface area contributed by atoms with E-state index in [1.165, 1.54) is 0 Å². The summed E-state index contributed by atoms with van der Waals surface area (Å²) in [6, 6.07) is 0. The molecule has 146 valence electrons. The molecule has 2 aromatic rings. The minimum absolute atomic E-state index is 0.147. The molecule has 0 radical (unpaired) electrons. The van der Waals surface area contributed by atoms with Crippen LogP contribution in [0.5, 0.6) is 0 Å². The number of anilines is 1. The van der Waals surface area contributed by atoms with Crippen LogP contribution >= 0.6 is 0 Å². The van der Waals surface area contributed by atoms with E-state index in [0.29, 0.717) is 5.92 Å². The smallest absolute Gasteiger partial charge is 0.227 e. The van der Waals surface area contributed by atoms with E-state index in [2.05, 4.69) is 25.4 Å². The fraction of sp³-hybridized carbons (Fsp3) is 0.650. The minimum atomic E-state index is 0.147. The molecule has 0 unspecified atom stereocenters. The van der Waals surface area contributed by atoms with Gasteiger partial charge in [0.05, 0.1) is 29.8 Å². The first-order valence-corrected chi connectivity index (χ1v) is 10.1. The molecule has 1 amide bonds. The van der Waals surface area contributed by atoms with Crippen molar-refractivity contribution in [1.82, 2.24) is 20.1 Å². The average Bonchev–Trinajstić information content (AvgIpc) is 3.38. The Balaban J connectivity index is 1.41. The predicted molar refractivity (Wildman–Crippen MR) is 102 cm³/mol. The fourth-order valence-electron chi connectivity index (χ4n) is 4.36. The van der Waals surface area contributed by atoms with Crippen molar-refractivity contribution >= 4 is 11.6 Å². The molecule has 2 aromatic heterocycles. The number of H-pyrrole nitrogens is 1. The largest absolute Gasteiger partial charge is 0.444 e. The molecule has 2 aliphatic rings. The third-order valence-electron chi connectivity index (χ3n) is 6.00. The normalized spacial score (nSPS) is 21.6. The Labute approximate surface area is 159 Å². The van der Waals surface area contributed by atoms with Crippen LogP contribution in [0, 0.1) is 19.8 Å². The van der Waals surface area contributed by atoms with Crippen molar-refractivity contribution in [3.8, 4) is 0 Å². The number of nitrogens with zero attached hydrogens (tertiary/aromatic N) is 3. The number of aromatic amines is 1. The zero-order valence-electron chi connectivity index (χ0n) is 16.3. The Morgan fingerprint density at radius 2 is 2.11 bits per heavy atom. The molecule has 0 bridgehead atoms. The van der Waals surface area contributed by atoms with Gasteiger partial charge in [-0.1, -0.05) is 12.8 Å². The summed E-state index contributed by atoms with van der Waals surface area (Å²) >= 11 is 0. The number of oxazole rings is 1. The number of rotatable bonds is 5. The molecule has 7 heteroatoms. The van der Waals surface area contributed by atoms with Crippen molar-refractivity contribution < 1.29 is 9.21 Å². The van der Waals surface area contributed by atoms with Crippen LogP contribution in [0.3, 0.4) is 0 Å². The molecule has 0 spiro atoms. The number of piperidine rings is 1. The number of hydrogen-bond acceptors (Lipinski definition) is 5. The highest BCUT2D eigenvalue weighted by Gasteiger charge is 2.28. The van der Waals surface area contributed by atoms with Gasteiger partial charge >= 0.3 is 0 Å². The maximum atomic E-state index is 12.5. The van der Waals surface area contributed by atoms with E-state index >= 15 is 0 Å². The fourth-order valence-corrected chi connectivity index (χ4v) is 4.36. The lowest BCUT2D eigenvalue weighted by molar-refractivity contribution is -0.119. The topological polar surface area (TPSA) is 87.0 Å². The van der Waals surface area contributed by atoms with Crippen molar-refractivity contribution in [1.29, 1.82) is 0 Å². The second-order valence-corrected chi connectivity index (χ2v) is 7.99. The molecule has 1 atom stereocenters. The summed E-state index contributed by atoms with van der Waals surface area (Å²) in [6.45, 7) is 6.60. The molecular weight excluding hydrogens is 342 g/mol. The first-order chi connectivity index (χ1) is 13.1. The van der Waals surface area contributed by atoms with E-state index in [1.807, 2.05) is 13.8 Å². The van der Waals surface area contributed by atoms with Crippen LogP contribution in [0.15, 0.2) is 10.6 Å². The maximum absolute atomic E-state index is 12.5. The number of amides is 1. The van der Waals surface area contributed by atoms with Gasteiger partial charge in [-0.25, -0.2) is 4.98 Å². The summed E-state index contributed by atoms with van der Waals surface area (Å²) in [6.07, 6.45) is 8.28. The zero-order valence-corrected chi connectivity index (χ0v) is 16.3. The van der Waals surface area contributed by atoms with Gasteiger partial charge in [0.2, 0.25) is 11.8 Å². The molecule has 4 rings (SSSR count). The molecule has 7 nitrogen and oxygen atoms in total. The minimum Gasteiger partial charge on any atom is -0.444 e. The molecule has 2 fully saturated rings. The first-order valence-electron chi connectivity index (χ1n) is 10.1. The highest BCUT2D eigenvalue weighted by atomic mass is 16.4. The monoisotopic (exact) mass is 371 g/mol. The van der Waals surface area contributed by atoms with Crippen LogP contribution in [0.1, 0.15) is 67.5 Å². The third kappa shape index (κ3) is 4.08. The van der Waals surface area contributed by atoms with E-state index in [4.69, 9.17) is 4.42 Å². The number of carbonyl (C=O) groups is 1. The van der Waals surface area contributed by atoms with Gasteiger partial charge in [-0.2, -0.15) is 5.10 Å². The van der Waals surface area contributed by atoms with Gasteiger partial charge in [0, 0.05) is 18.4 Å². The van der Waals surface area contributed by atoms with E-state index in [0.717, 1.165) is 86.9 Å². The van der Waals surface area contributed by atoms with Gasteiger partial charge in [0.15, 0.2) is 0 Å². The number of hydrogen-bond donors (Lipinski definition) is 2. The lowest BCUT2D eigenvalue weighted by atomic mass is 9.94. The van der Waals surface area contributed by atoms with Crippen molar-refractivity contribution in [3.05, 3.63) is 29.2 Å². The lowest BCUT2D eigenvalue weighted by Crippen LogP contribution is -2.34. The second kappa shape index (κ2) is 7.84. The number of aryl methyl sites for hydroxylation is 2. The van der Waals surface area contributed by atoms with Gasteiger partial charge in [-0.3, -0.25) is 14.8 Å². The Morgan fingerprint density at radius 3 is 2.85 bits per heavy atom. The Bertz CT molecular complexity index is 771. The Hall–Kier alpha value is -2.15. The highest BCUT2D eigenvalue weighted by Crippen LogP contribution is 2.32. The average molecular weight is 371 g/mol. The van der Waals surface area contributed by atoms with E-state index in [-0.39, 0.29) is 11.8 Å². The second-order valence-electron chi connectivity index (χ2n) is 7.99. The molecule has 0 aromatic carbocycles. The summed E-state index contributed by atoms with van der Waals surface area (Å²) in [7, 11) is 0. The number of carbonyl (C=O) groups excluding carboxylic acids is 1. The van der Waals surface area contributed by atoms with Crippen molar-refractivity contribution in [2.45, 2.75) is 64.8 Å². The van der Waals surface area contributed by atoms with Gasteiger partial charge in [0.1, 0.15) is 5.76 Å². The molecule has 3 heterocycles. The van der Waals surface area contributed by atoms with Gasteiger partial charge < -0.3 is 9.73 Å². The van der Waals surface area contributed by atoms with Crippen LogP contribution in [0.2, 0.25) is 0 Å².